The molecule has 1 saturated carbocycles. The maximum absolute atomic E-state index is 3.39. The second-order valence-electron chi connectivity index (χ2n) is 5.56. The van der Waals surface area contributed by atoms with Crippen LogP contribution < -0.4 is 5.32 Å². The first kappa shape index (κ1) is 11.4. The maximum Gasteiger partial charge on any atom is 0.0348 e. The Bertz CT molecular complexity index is 201. The molecule has 1 saturated heterocycles. The zero-order chi connectivity index (χ0) is 10.8. The van der Waals surface area contributed by atoms with Gasteiger partial charge in [0.05, 0.1) is 0 Å². The van der Waals surface area contributed by atoms with Crippen molar-refractivity contribution in [3.05, 3.63) is 0 Å². The summed E-state index contributed by atoms with van der Waals surface area (Å²) in [4.78, 5) is 2.75. The SMILES string of the molecule is CCN(C1CNC1)C1CCC(C)C(C)C1. The third kappa shape index (κ3) is 2.36. The molecular formula is C13H26N2. The first-order valence-electron chi connectivity index (χ1n) is 6.68. The zero-order valence-corrected chi connectivity index (χ0v) is 10.5. The number of rotatable bonds is 3. The van der Waals surface area contributed by atoms with Gasteiger partial charge in [-0.15, -0.1) is 0 Å². The summed E-state index contributed by atoms with van der Waals surface area (Å²) >= 11 is 0. The van der Waals surface area contributed by atoms with Crippen molar-refractivity contribution in [2.45, 2.75) is 52.1 Å². The lowest BCUT2D eigenvalue weighted by Gasteiger charge is -2.46. The summed E-state index contributed by atoms with van der Waals surface area (Å²) < 4.78 is 0. The molecule has 0 aromatic rings. The molecule has 3 atom stereocenters. The molecule has 2 fully saturated rings. The fraction of sp³-hybridized carbons (Fsp3) is 1.00. The maximum atomic E-state index is 3.39. The monoisotopic (exact) mass is 210 g/mol. The van der Waals surface area contributed by atoms with Crippen molar-refractivity contribution in [1.82, 2.24) is 10.2 Å². The molecule has 1 heterocycles. The number of nitrogens with zero attached hydrogens (tertiary/aromatic N) is 1. The van der Waals surface area contributed by atoms with E-state index < -0.39 is 0 Å². The molecule has 0 aromatic carbocycles. The number of likely N-dealkylation sites (N-methyl/N-ethyl adjacent to an activating group) is 1. The topological polar surface area (TPSA) is 15.3 Å². The van der Waals surface area contributed by atoms with Gasteiger partial charge < -0.3 is 5.32 Å². The van der Waals surface area contributed by atoms with Crippen LogP contribution in [0.2, 0.25) is 0 Å². The van der Waals surface area contributed by atoms with Crippen molar-refractivity contribution in [1.29, 1.82) is 0 Å². The molecule has 0 aromatic heterocycles. The summed E-state index contributed by atoms with van der Waals surface area (Å²) in [5.41, 5.74) is 0. The fourth-order valence-corrected chi connectivity index (χ4v) is 3.14. The van der Waals surface area contributed by atoms with E-state index in [2.05, 4.69) is 31.0 Å². The van der Waals surface area contributed by atoms with Gasteiger partial charge in [0.2, 0.25) is 0 Å². The van der Waals surface area contributed by atoms with Crippen LogP contribution in [0.5, 0.6) is 0 Å². The number of nitrogens with one attached hydrogen (secondary N) is 1. The van der Waals surface area contributed by atoms with E-state index in [4.69, 9.17) is 0 Å². The lowest BCUT2D eigenvalue weighted by molar-refractivity contribution is 0.0533. The summed E-state index contributed by atoms with van der Waals surface area (Å²) in [7, 11) is 0. The minimum Gasteiger partial charge on any atom is -0.314 e. The van der Waals surface area contributed by atoms with Crippen LogP contribution in [0, 0.1) is 11.8 Å². The van der Waals surface area contributed by atoms with Crippen LogP contribution in [0.25, 0.3) is 0 Å². The Hall–Kier alpha value is -0.0800. The molecule has 1 aliphatic heterocycles. The third-order valence-corrected chi connectivity index (χ3v) is 4.63. The molecular weight excluding hydrogens is 184 g/mol. The predicted molar refractivity (Wildman–Crippen MR) is 65.0 cm³/mol. The van der Waals surface area contributed by atoms with E-state index in [1.807, 2.05) is 0 Å². The van der Waals surface area contributed by atoms with Crippen LogP contribution in [0.15, 0.2) is 0 Å². The molecule has 3 unspecified atom stereocenters. The van der Waals surface area contributed by atoms with Crippen molar-refractivity contribution in [3.63, 3.8) is 0 Å². The minimum absolute atomic E-state index is 0.834. The van der Waals surface area contributed by atoms with E-state index in [0.717, 1.165) is 23.9 Å². The molecule has 0 spiro atoms. The number of hydrogen-bond acceptors (Lipinski definition) is 2. The zero-order valence-electron chi connectivity index (χ0n) is 10.5. The first-order valence-corrected chi connectivity index (χ1v) is 6.68. The largest absolute Gasteiger partial charge is 0.314 e. The Morgan fingerprint density at radius 3 is 2.27 bits per heavy atom. The van der Waals surface area contributed by atoms with Crippen molar-refractivity contribution in [3.8, 4) is 0 Å². The van der Waals surface area contributed by atoms with Crippen LogP contribution in [0.3, 0.4) is 0 Å². The molecule has 1 aliphatic carbocycles. The highest BCUT2D eigenvalue weighted by Crippen LogP contribution is 2.33. The van der Waals surface area contributed by atoms with Crippen LogP contribution in [0.1, 0.15) is 40.0 Å². The average molecular weight is 210 g/mol. The molecule has 2 rings (SSSR count). The summed E-state index contributed by atoms with van der Waals surface area (Å²) in [5.74, 6) is 1.87. The molecule has 0 bridgehead atoms. The summed E-state index contributed by atoms with van der Waals surface area (Å²) in [6.45, 7) is 10.8. The van der Waals surface area contributed by atoms with Crippen molar-refractivity contribution < 1.29 is 0 Å². The molecule has 0 radical (unpaired) electrons. The van der Waals surface area contributed by atoms with E-state index in [1.54, 1.807) is 0 Å². The summed E-state index contributed by atoms with van der Waals surface area (Å²) in [6.07, 6.45) is 4.28. The van der Waals surface area contributed by atoms with Crippen LogP contribution in [-0.4, -0.2) is 36.6 Å². The van der Waals surface area contributed by atoms with Gasteiger partial charge in [-0.05, 0) is 37.6 Å². The lowest BCUT2D eigenvalue weighted by atomic mass is 9.78. The number of hydrogen-bond donors (Lipinski definition) is 1. The predicted octanol–water partition coefficient (Wildman–Crippen LogP) is 2.10. The molecule has 15 heavy (non-hydrogen) atoms. The van der Waals surface area contributed by atoms with Gasteiger partial charge in [0.25, 0.3) is 0 Å². The van der Waals surface area contributed by atoms with E-state index in [1.165, 1.54) is 38.9 Å². The molecule has 2 nitrogen and oxygen atoms in total. The van der Waals surface area contributed by atoms with Gasteiger partial charge in [0.1, 0.15) is 0 Å². The molecule has 88 valence electrons. The normalized spacial score (nSPS) is 38.0. The molecule has 2 aliphatic rings. The third-order valence-electron chi connectivity index (χ3n) is 4.63. The van der Waals surface area contributed by atoms with Crippen molar-refractivity contribution in [2.75, 3.05) is 19.6 Å². The first-order chi connectivity index (χ1) is 7.22. The Kier molecular flexibility index (Phi) is 3.68. The Balaban J connectivity index is 1.90. The van der Waals surface area contributed by atoms with Crippen molar-refractivity contribution >= 4 is 0 Å². The highest BCUT2D eigenvalue weighted by molar-refractivity contribution is 4.90. The quantitative estimate of drug-likeness (QED) is 0.767. The van der Waals surface area contributed by atoms with Crippen LogP contribution >= 0.6 is 0 Å². The average Bonchev–Trinajstić information content (AvgIpc) is 2.16. The van der Waals surface area contributed by atoms with E-state index in [9.17, 15) is 0 Å². The Morgan fingerprint density at radius 2 is 1.80 bits per heavy atom. The molecule has 2 heteroatoms. The van der Waals surface area contributed by atoms with Gasteiger partial charge in [0.15, 0.2) is 0 Å². The van der Waals surface area contributed by atoms with Gasteiger partial charge in [-0.2, -0.15) is 0 Å². The van der Waals surface area contributed by atoms with Gasteiger partial charge in [-0.1, -0.05) is 20.8 Å². The lowest BCUT2D eigenvalue weighted by Crippen LogP contribution is -2.60. The van der Waals surface area contributed by atoms with Crippen LogP contribution in [0.4, 0.5) is 0 Å². The second kappa shape index (κ2) is 4.84. The van der Waals surface area contributed by atoms with E-state index >= 15 is 0 Å². The van der Waals surface area contributed by atoms with Crippen LogP contribution in [-0.2, 0) is 0 Å². The standard InChI is InChI=1S/C13H26N2/c1-4-15(13-8-14-9-13)12-6-5-10(2)11(3)7-12/h10-14H,4-9H2,1-3H3. The van der Waals surface area contributed by atoms with E-state index in [-0.39, 0.29) is 0 Å². The fourth-order valence-electron chi connectivity index (χ4n) is 3.14. The van der Waals surface area contributed by atoms with Gasteiger partial charge in [0, 0.05) is 25.2 Å². The Labute approximate surface area is 94.4 Å². The van der Waals surface area contributed by atoms with Gasteiger partial charge in [-0.3, -0.25) is 4.90 Å². The highest BCUT2D eigenvalue weighted by Gasteiger charge is 2.33. The van der Waals surface area contributed by atoms with Crippen molar-refractivity contribution in [2.24, 2.45) is 11.8 Å². The van der Waals surface area contributed by atoms with Gasteiger partial charge >= 0.3 is 0 Å². The highest BCUT2D eigenvalue weighted by atomic mass is 15.2. The molecule has 1 N–H and O–H groups in total. The van der Waals surface area contributed by atoms with E-state index in [0.29, 0.717) is 0 Å². The minimum atomic E-state index is 0.834. The Morgan fingerprint density at radius 1 is 1.07 bits per heavy atom. The van der Waals surface area contributed by atoms with Gasteiger partial charge in [-0.25, -0.2) is 0 Å². The molecule has 0 amide bonds. The smallest absolute Gasteiger partial charge is 0.0348 e. The summed E-state index contributed by atoms with van der Waals surface area (Å²) in [6, 6.07) is 1.70. The summed E-state index contributed by atoms with van der Waals surface area (Å²) in [5, 5.41) is 3.39. The second-order valence-corrected chi connectivity index (χ2v) is 5.56.